The fraction of sp³-hybridized carbons (Fsp3) is 0.571. The average molecular weight is 344 g/mol. The number of rotatable bonds is 3. The van der Waals surface area contributed by atoms with E-state index in [4.69, 9.17) is 0 Å². The molecule has 0 N–H and O–H groups in total. The van der Waals surface area contributed by atoms with E-state index in [0.717, 1.165) is 12.6 Å². The first-order valence-corrected chi connectivity index (χ1v) is 7.44. The first kappa shape index (κ1) is 13.3. The molecule has 1 saturated heterocycles. The molecule has 1 aliphatic heterocycles. The number of hydrogen-bond donors (Lipinski definition) is 0. The second-order valence-electron chi connectivity index (χ2n) is 4.90. The van der Waals surface area contributed by atoms with E-state index in [1.54, 1.807) is 0 Å². The lowest BCUT2D eigenvalue weighted by molar-refractivity contribution is 0.0884. The Labute approximate surface area is 118 Å². The normalized spacial score (nSPS) is 22.9. The standard InChI is InChI=1S/C14H21IN2/c1-3-14-11-17(9-8-16(14)2)10-12-4-6-13(15)7-5-12/h4-7,14H,3,8-11H2,1-2H3. The molecule has 17 heavy (non-hydrogen) atoms. The van der Waals surface area contributed by atoms with Gasteiger partial charge in [-0.25, -0.2) is 0 Å². The maximum atomic E-state index is 2.58. The summed E-state index contributed by atoms with van der Waals surface area (Å²) in [6.07, 6.45) is 1.25. The quantitative estimate of drug-likeness (QED) is 0.778. The molecule has 0 radical (unpaired) electrons. The van der Waals surface area contributed by atoms with Crippen LogP contribution in [0, 0.1) is 3.57 Å². The third-order valence-electron chi connectivity index (χ3n) is 3.65. The number of benzene rings is 1. The minimum absolute atomic E-state index is 0.729. The minimum Gasteiger partial charge on any atom is -0.301 e. The van der Waals surface area contributed by atoms with E-state index >= 15 is 0 Å². The molecule has 1 heterocycles. The number of likely N-dealkylation sites (N-methyl/N-ethyl adjacent to an activating group) is 1. The molecule has 1 fully saturated rings. The summed E-state index contributed by atoms with van der Waals surface area (Å²) in [6, 6.07) is 9.63. The predicted octanol–water partition coefficient (Wildman–Crippen LogP) is 2.82. The van der Waals surface area contributed by atoms with E-state index in [0.29, 0.717) is 0 Å². The van der Waals surface area contributed by atoms with Gasteiger partial charge in [0.2, 0.25) is 0 Å². The first-order valence-electron chi connectivity index (χ1n) is 6.36. The van der Waals surface area contributed by atoms with Crippen LogP contribution < -0.4 is 0 Å². The summed E-state index contributed by atoms with van der Waals surface area (Å²) in [5.74, 6) is 0. The van der Waals surface area contributed by atoms with Crippen molar-refractivity contribution < 1.29 is 0 Å². The van der Waals surface area contributed by atoms with Crippen molar-refractivity contribution in [3.63, 3.8) is 0 Å². The zero-order valence-corrected chi connectivity index (χ0v) is 12.9. The van der Waals surface area contributed by atoms with Gasteiger partial charge in [0.25, 0.3) is 0 Å². The second-order valence-corrected chi connectivity index (χ2v) is 6.15. The molecule has 1 atom stereocenters. The van der Waals surface area contributed by atoms with Crippen molar-refractivity contribution >= 4 is 22.6 Å². The Morgan fingerprint density at radius 1 is 1.24 bits per heavy atom. The summed E-state index contributed by atoms with van der Waals surface area (Å²) in [6.45, 7) is 6.98. The van der Waals surface area contributed by atoms with Crippen molar-refractivity contribution in [1.82, 2.24) is 9.80 Å². The van der Waals surface area contributed by atoms with Crippen LogP contribution in [-0.2, 0) is 6.54 Å². The summed E-state index contributed by atoms with van der Waals surface area (Å²) in [4.78, 5) is 5.07. The highest BCUT2D eigenvalue weighted by molar-refractivity contribution is 14.1. The smallest absolute Gasteiger partial charge is 0.0234 e. The number of halogens is 1. The molecule has 0 aliphatic carbocycles. The zero-order chi connectivity index (χ0) is 12.3. The van der Waals surface area contributed by atoms with Gasteiger partial charge in [0, 0.05) is 35.8 Å². The second kappa shape index (κ2) is 6.16. The molecular formula is C14H21IN2. The van der Waals surface area contributed by atoms with E-state index in [9.17, 15) is 0 Å². The molecule has 0 aromatic heterocycles. The lowest BCUT2D eigenvalue weighted by atomic mass is 10.1. The molecule has 0 bridgehead atoms. The summed E-state index contributed by atoms with van der Waals surface area (Å²) >= 11 is 2.36. The Kier molecular flexibility index (Phi) is 4.82. The van der Waals surface area contributed by atoms with Crippen LogP contribution in [0.1, 0.15) is 18.9 Å². The van der Waals surface area contributed by atoms with Gasteiger partial charge in [0.05, 0.1) is 0 Å². The van der Waals surface area contributed by atoms with Crippen LogP contribution in [0.2, 0.25) is 0 Å². The highest BCUT2D eigenvalue weighted by atomic mass is 127. The summed E-state index contributed by atoms with van der Waals surface area (Å²) in [7, 11) is 2.25. The topological polar surface area (TPSA) is 6.48 Å². The minimum atomic E-state index is 0.729. The number of nitrogens with zero attached hydrogens (tertiary/aromatic N) is 2. The van der Waals surface area contributed by atoms with Crippen molar-refractivity contribution in [3.05, 3.63) is 33.4 Å². The predicted molar refractivity (Wildman–Crippen MR) is 81.1 cm³/mol. The molecule has 1 aliphatic rings. The van der Waals surface area contributed by atoms with Gasteiger partial charge in [0.15, 0.2) is 0 Å². The molecule has 0 spiro atoms. The van der Waals surface area contributed by atoms with Crippen LogP contribution in [0.15, 0.2) is 24.3 Å². The first-order chi connectivity index (χ1) is 8.19. The molecule has 2 nitrogen and oxygen atoms in total. The average Bonchev–Trinajstić information content (AvgIpc) is 2.34. The third kappa shape index (κ3) is 3.66. The van der Waals surface area contributed by atoms with Crippen molar-refractivity contribution in [2.45, 2.75) is 25.9 Å². The maximum absolute atomic E-state index is 2.58. The highest BCUT2D eigenvalue weighted by Crippen LogP contribution is 2.14. The van der Waals surface area contributed by atoms with Gasteiger partial charge in [-0.2, -0.15) is 0 Å². The van der Waals surface area contributed by atoms with Crippen molar-refractivity contribution in [3.8, 4) is 0 Å². The van der Waals surface area contributed by atoms with Crippen LogP contribution in [-0.4, -0.2) is 42.5 Å². The Morgan fingerprint density at radius 2 is 1.94 bits per heavy atom. The van der Waals surface area contributed by atoms with E-state index in [1.165, 1.54) is 35.2 Å². The molecule has 1 unspecified atom stereocenters. The van der Waals surface area contributed by atoms with Gasteiger partial charge in [-0.3, -0.25) is 4.90 Å². The zero-order valence-electron chi connectivity index (χ0n) is 10.7. The van der Waals surface area contributed by atoms with Gasteiger partial charge in [-0.05, 0) is 53.8 Å². The SMILES string of the molecule is CCC1CN(Cc2ccc(I)cc2)CCN1C. The Hall–Kier alpha value is -0.130. The Bertz CT molecular complexity index is 350. The lowest BCUT2D eigenvalue weighted by Crippen LogP contribution is -2.50. The Morgan fingerprint density at radius 3 is 2.59 bits per heavy atom. The molecule has 2 rings (SSSR count). The fourth-order valence-electron chi connectivity index (χ4n) is 2.44. The van der Waals surface area contributed by atoms with Gasteiger partial charge in [0.1, 0.15) is 0 Å². The summed E-state index contributed by atoms with van der Waals surface area (Å²) in [5.41, 5.74) is 1.44. The highest BCUT2D eigenvalue weighted by Gasteiger charge is 2.22. The molecule has 0 saturated carbocycles. The van der Waals surface area contributed by atoms with Gasteiger partial charge in [-0.1, -0.05) is 19.1 Å². The van der Waals surface area contributed by atoms with Crippen LogP contribution >= 0.6 is 22.6 Å². The largest absolute Gasteiger partial charge is 0.301 e. The van der Waals surface area contributed by atoms with Gasteiger partial charge in [-0.15, -0.1) is 0 Å². The lowest BCUT2D eigenvalue weighted by Gasteiger charge is -2.39. The summed E-state index contributed by atoms with van der Waals surface area (Å²) < 4.78 is 1.32. The van der Waals surface area contributed by atoms with Gasteiger partial charge < -0.3 is 4.90 Å². The fourth-order valence-corrected chi connectivity index (χ4v) is 2.80. The van der Waals surface area contributed by atoms with E-state index in [1.807, 2.05) is 0 Å². The molecular weight excluding hydrogens is 323 g/mol. The van der Waals surface area contributed by atoms with E-state index in [2.05, 4.69) is 70.6 Å². The van der Waals surface area contributed by atoms with Crippen molar-refractivity contribution in [2.24, 2.45) is 0 Å². The number of piperazine rings is 1. The van der Waals surface area contributed by atoms with Gasteiger partial charge >= 0.3 is 0 Å². The van der Waals surface area contributed by atoms with E-state index in [-0.39, 0.29) is 0 Å². The molecule has 1 aromatic rings. The molecule has 0 amide bonds. The van der Waals surface area contributed by atoms with Crippen LogP contribution in [0.5, 0.6) is 0 Å². The third-order valence-corrected chi connectivity index (χ3v) is 4.37. The Balaban J connectivity index is 1.93. The van der Waals surface area contributed by atoms with Crippen molar-refractivity contribution in [1.29, 1.82) is 0 Å². The van der Waals surface area contributed by atoms with Crippen molar-refractivity contribution in [2.75, 3.05) is 26.7 Å². The van der Waals surface area contributed by atoms with Crippen LogP contribution in [0.4, 0.5) is 0 Å². The summed E-state index contributed by atoms with van der Waals surface area (Å²) in [5, 5.41) is 0. The number of hydrogen-bond acceptors (Lipinski definition) is 2. The monoisotopic (exact) mass is 344 g/mol. The molecule has 94 valence electrons. The maximum Gasteiger partial charge on any atom is 0.0234 e. The molecule has 3 heteroatoms. The van der Waals surface area contributed by atoms with E-state index < -0.39 is 0 Å². The van der Waals surface area contributed by atoms with Crippen LogP contribution in [0.3, 0.4) is 0 Å². The molecule has 1 aromatic carbocycles. The van der Waals surface area contributed by atoms with Crippen LogP contribution in [0.25, 0.3) is 0 Å².